The number of aliphatic imine (C=N–C) groups is 1. The van der Waals surface area contributed by atoms with Crippen molar-refractivity contribution in [2.45, 2.75) is 102 Å². The van der Waals surface area contributed by atoms with Gasteiger partial charge in [0.25, 0.3) is 0 Å². The van der Waals surface area contributed by atoms with Crippen LogP contribution >= 0.6 is 0 Å². The van der Waals surface area contributed by atoms with Gasteiger partial charge in [-0.3, -0.25) is 29.0 Å². The van der Waals surface area contributed by atoms with Crippen LogP contribution in [0.2, 0.25) is 0 Å². The topological polar surface area (TPSA) is 238 Å². The average molecular weight is 783 g/mol. The number of carboxylic acid groups (broad SMARTS) is 1. The zero-order valence-electron chi connectivity index (χ0n) is 31.7. The predicted molar refractivity (Wildman–Crippen MR) is 195 cm³/mol. The summed E-state index contributed by atoms with van der Waals surface area (Å²) >= 11 is 0. The van der Waals surface area contributed by atoms with Crippen LogP contribution in [0.5, 0.6) is 0 Å². The van der Waals surface area contributed by atoms with Crippen LogP contribution in [0.3, 0.4) is 0 Å². The summed E-state index contributed by atoms with van der Waals surface area (Å²) in [6.45, 7) is 4.50. The zero-order valence-corrected chi connectivity index (χ0v) is 31.7. The smallest absolute Gasteiger partial charge is 0.328 e. The van der Waals surface area contributed by atoms with Crippen molar-refractivity contribution in [1.29, 1.82) is 0 Å². The standard InChI is InChI=1S/C39H49N3O14/c1-22(43)41-34-36(55-25(4)46)35(54-24(3)45)32(21-52-23(2)44)56-38(34)51-19-11-17-33(47)40-18-10-9-16-31(37(48)49)42-39(50)53-20-30-28-14-7-5-12-26(28)27-13-6-8-15-29(27)30/h5-8,12-15,30-32,34-36,38H,9-11,16-21H2,1-4H3,(H,40,47)(H,41,43)(H,42,50)(H,48,49)/p-1/t31-,32?,34?,35-,36+,38+/m0/s1. The summed E-state index contributed by atoms with van der Waals surface area (Å²) in [6.07, 6.45) is -4.78. The summed E-state index contributed by atoms with van der Waals surface area (Å²) in [7, 11) is 0. The Morgan fingerprint density at radius 2 is 1.45 bits per heavy atom. The Balaban J connectivity index is 1.22. The summed E-state index contributed by atoms with van der Waals surface area (Å²) in [4.78, 5) is 75.7. The lowest BCUT2D eigenvalue weighted by atomic mass is 9.96. The molecule has 17 nitrogen and oxygen atoms in total. The molecule has 3 N–H and O–H groups in total. The largest absolute Gasteiger partial charge is 0.599 e. The summed E-state index contributed by atoms with van der Waals surface area (Å²) in [5, 5.41) is 27.6. The van der Waals surface area contributed by atoms with Gasteiger partial charge >= 0.3 is 23.9 Å². The number of carbonyl (C=O) groups excluding carboxylic acids is 5. The number of esters is 3. The van der Waals surface area contributed by atoms with E-state index in [1.807, 2.05) is 48.5 Å². The molecular weight excluding hydrogens is 734 g/mol. The molecule has 0 radical (unpaired) electrons. The highest BCUT2D eigenvalue weighted by atomic mass is 16.7. The first-order valence-corrected chi connectivity index (χ1v) is 18.3. The second kappa shape index (κ2) is 20.9. The number of nitrogens with zero attached hydrogens (tertiary/aromatic N) is 1. The number of aliphatic carboxylic acids is 1. The third-order valence-corrected chi connectivity index (χ3v) is 9.01. The molecule has 1 fully saturated rings. The fourth-order valence-electron chi connectivity index (χ4n) is 6.65. The van der Waals surface area contributed by atoms with E-state index >= 15 is 0 Å². The second-order valence-corrected chi connectivity index (χ2v) is 13.3. The number of hydrogen-bond acceptors (Lipinski definition) is 14. The summed E-state index contributed by atoms with van der Waals surface area (Å²) in [6, 6.07) is 13.3. The van der Waals surface area contributed by atoms with E-state index in [2.05, 4.69) is 15.6 Å². The third kappa shape index (κ3) is 12.5. The Bertz CT molecular complexity index is 1700. The molecule has 0 spiro atoms. The van der Waals surface area contributed by atoms with E-state index in [-0.39, 0.29) is 57.5 Å². The van der Waals surface area contributed by atoms with Crippen LogP contribution in [0.1, 0.15) is 76.8 Å². The minimum atomic E-state index is -1.31. The molecule has 2 aliphatic rings. The highest BCUT2D eigenvalue weighted by Crippen LogP contribution is 2.44. The molecular formula is C39H48N3O14-. The number of unbranched alkanes of at least 4 members (excludes halogenated alkanes) is 1. The van der Waals surface area contributed by atoms with E-state index in [1.54, 1.807) is 0 Å². The zero-order chi connectivity index (χ0) is 40.8. The quantitative estimate of drug-likeness (QED) is 0.0605. The number of rotatable bonds is 19. The number of hydrogen-bond donors (Lipinski definition) is 3. The molecule has 17 heteroatoms. The molecule has 1 saturated heterocycles. The van der Waals surface area contributed by atoms with Gasteiger partial charge in [-0.05, 0) is 47.9 Å². The van der Waals surface area contributed by atoms with Crippen molar-refractivity contribution in [2.24, 2.45) is 4.99 Å². The van der Waals surface area contributed by atoms with Gasteiger partial charge < -0.3 is 49.3 Å². The molecule has 304 valence electrons. The first kappa shape index (κ1) is 43.2. The van der Waals surface area contributed by atoms with Crippen LogP contribution in [-0.4, -0.2) is 110 Å². The fraction of sp³-hybridized carbons (Fsp3) is 0.513. The molecule has 0 aromatic heterocycles. The molecule has 0 bridgehead atoms. The van der Waals surface area contributed by atoms with Gasteiger partial charge in [0.05, 0.1) is 6.61 Å². The molecule has 56 heavy (non-hydrogen) atoms. The van der Waals surface area contributed by atoms with E-state index in [4.69, 9.17) is 28.4 Å². The van der Waals surface area contributed by atoms with Crippen molar-refractivity contribution in [2.75, 3.05) is 26.4 Å². The molecule has 1 aliphatic heterocycles. The number of amides is 2. The molecule has 2 amide bonds. The first-order chi connectivity index (χ1) is 26.7. The monoisotopic (exact) mass is 782 g/mol. The third-order valence-electron chi connectivity index (χ3n) is 9.01. The Kier molecular flexibility index (Phi) is 16.1. The van der Waals surface area contributed by atoms with Crippen LogP contribution in [0, 0.1) is 0 Å². The molecule has 6 atom stereocenters. The number of benzene rings is 2. The van der Waals surface area contributed by atoms with E-state index in [0.29, 0.717) is 12.8 Å². The first-order valence-electron chi connectivity index (χ1n) is 18.3. The van der Waals surface area contributed by atoms with Crippen LogP contribution in [-0.2, 0) is 57.2 Å². The molecule has 1 heterocycles. The highest BCUT2D eigenvalue weighted by Gasteiger charge is 2.51. The lowest BCUT2D eigenvalue weighted by Gasteiger charge is -2.44. The minimum Gasteiger partial charge on any atom is -0.599 e. The van der Waals surface area contributed by atoms with Gasteiger partial charge in [-0.25, -0.2) is 4.79 Å². The number of ether oxygens (including phenoxy) is 6. The van der Waals surface area contributed by atoms with Gasteiger partial charge in [-0.15, -0.1) is 0 Å². The number of fused-ring (bicyclic) bond motifs is 3. The molecule has 0 saturated carbocycles. The average Bonchev–Trinajstić information content (AvgIpc) is 3.46. The van der Waals surface area contributed by atoms with Crippen LogP contribution in [0.4, 0.5) is 0 Å². The van der Waals surface area contributed by atoms with Crippen molar-refractivity contribution < 1.29 is 67.4 Å². The van der Waals surface area contributed by atoms with Crippen molar-refractivity contribution in [3.63, 3.8) is 0 Å². The molecule has 2 aromatic rings. The van der Waals surface area contributed by atoms with Crippen molar-refractivity contribution in [1.82, 2.24) is 10.6 Å². The fourth-order valence-corrected chi connectivity index (χ4v) is 6.65. The highest BCUT2D eigenvalue weighted by molar-refractivity contribution is 5.80. The van der Waals surface area contributed by atoms with Crippen LogP contribution in [0.15, 0.2) is 53.5 Å². The summed E-state index contributed by atoms with van der Waals surface area (Å²) < 4.78 is 33.1. The van der Waals surface area contributed by atoms with Gasteiger partial charge in [0.2, 0.25) is 11.8 Å². The van der Waals surface area contributed by atoms with Gasteiger partial charge in [0.1, 0.15) is 30.9 Å². The van der Waals surface area contributed by atoms with Gasteiger partial charge in [0.15, 0.2) is 18.5 Å². The molecule has 4 rings (SSSR count). The van der Waals surface area contributed by atoms with E-state index in [0.717, 1.165) is 36.1 Å². The maximum Gasteiger partial charge on any atom is 0.328 e. The predicted octanol–water partition coefficient (Wildman–Crippen LogP) is 1.72. The van der Waals surface area contributed by atoms with Gasteiger partial charge in [-0.1, -0.05) is 48.5 Å². The van der Waals surface area contributed by atoms with E-state index in [9.17, 15) is 39.0 Å². The Morgan fingerprint density at radius 3 is 2.04 bits per heavy atom. The Hall–Kier alpha value is -5.55. The second-order valence-electron chi connectivity index (χ2n) is 13.3. The number of carboxylic acids is 1. The summed E-state index contributed by atoms with van der Waals surface area (Å²) in [5.41, 5.74) is 4.18. The van der Waals surface area contributed by atoms with Gasteiger partial charge in [-0.2, -0.15) is 0 Å². The normalized spacial score (nSPS) is 20.8. The minimum absolute atomic E-state index is 0.0191. The molecule has 1 aliphatic carbocycles. The molecule has 2 unspecified atom stereocenters. The Labute approximate surface area is 324 Å². The lowest BCUT2D eigenvalue weighted by Crippen LogP contribution is -2.66. The maximum atomic E-state index is 12.6. The number of nitrogens with one attached hydrogen (secondary N) is 2. The SMILES string of the molecule is CC(=O)NC1[C@H](OCCCC(=O)NCCCC[C@H](N=C([O-])OCC2c3ccccc3-c3ccccc32)C(=O)O)OC(COC(C)=O)[C@H](OC(C)=O)[C@@H]1OC(C)=O. The van der Waals surface area contributed by atoms with Crippen molar-refractivity contribution in [3.05, 3.63) is 59.7 Å². The number of carbonyl (C=O) groups is 6. The van der Waals surface area contributed by atoms with E-state index in [1.165, 1.54) is 13.8 Å². The lowest BCUT2D eigenvalue weighted by molar-refractivity contribution is -0.277. The van der Waals surface area contributed by atoms with Crippen molar-refractivity contribution >= 4 is 41.8 Å². The maximum absolute atomic E-state index is 12.6. The van der Waals surface area contributed by atoms with Crippen LogP contribution < -0.4 is 15.7 Å². The molecule has 2 aromatic carbocycles. The van der Waals surface area contributed by atoms with E-state index < -0.39 is 72.6 Å². The van der Waals surface area contributed by atoms with Gasteiger partial charge in [0, 0.05) is 53.2 Å². The Morgan fingerprint density at radius 1 is 0.821 bits per heavy atom. The summed E-state index contributed by atoms with van der Waals surface area (Å²) in [5.74, 6) is -4.40. The van der Waals surface area contributed by atoms with Crippen LogP contribution in [0.25, 0.3) is 11.1 Å². The van der Waals surface area contributed by atoms with Crippen molar-refractivity contribution in [3.8, 4) is 11.1 Å².